The number of methoxy groups -OCH3 is 1. The number of carbonyl (C=O) groups excluding carboxylic acids is 1. The monoisotopic (exact) mass is 261 g/mol. The van der Waals surface area contributed by atoms with Gasteiger partial charge in [0.1, 0.15) is 6.10 Å². The highest BCUT2D eigenvalue weighted by Gasteiger charge is 2.16. The summed E-state index contributed by atoms with van der Waals surface area (Å²) in [6.07, 6.45) is -0.530. The molecule has 0 bridgehead atoms. The summed E-state index contributed by atoms with van der Waals surface area (Å²) in [5, 5.41) is 10.5. The van der Waals surface area contributed by atoms with Gasteiger partial charge in [-0.15, -0.1) is 10.2 Å². The summed E-state index contributed by atoms with van der Waals surface area (Å²) < 4.78 is 10.3. The van der Waals surface area contributed by atoms with Gasteiger partial charge >= 0.3 is 0 Å². The minimum Gasteiger partial charge on any atom is -0.421 e. The maximum atomic E-state index is 11.8. The zero-order chi connectivity index (χ0) is 13.8. The van der Waals surface area contributed by atoms with Crippen LogP contribution in [0.1, 0.15) is 12.8 Å². The summed E-state index contributed by atoms with van der Waals surface area (Å²) in [6, 6.07) is 7.24. The van der Waals surface area contributed by atoms with Crippen molar-refractivity contribution >= 4 is 11.6 Å². The van der Waals surface area contributed by atoms with Gasteiger partial charge in [0.15, 0.2) is 0 Å². The van der Waals surface area contributed by atoms with Crippen LogP contribution in [-0.2, 0) is 9.53 Å². The van der Waals surface area contributed by atoms with Crippen molar-refractivity contribution in [3.05, 3.63) is 30.2 Å². The minimum atomic E-state index is -0.530. The van der Waals surface area contributed by atoms with Crippen molar-refractivity contribution in [2.45, 2.75) is 20.0 Å². The summed E-state index contributed by atoms with van der Waals surface area (Å²) in [6.45, 7) is 3.39. The third-order valence-corrected chi connectivity index (χ3v) is 2.66. The molecule has 19 heavy (non-hydrogen) atoms. The Kier molecular flexibility index (Phi) is 3.91. The quantitative estimate of drug-likeness (QED) is 0.911. The predicted molar refractivity (Wildman–Crippen MR) is 69.6 cm³/mol. The minimum absolute atomic E-state index is 0.230. The van der Waals surface area contributed by atoms with E-state index in [1.807, 2.05) is 12.1 Å². The Bertz CT molecular complexity index is 580. The fourth-order valence-electron chi connectivity index (χ4n) is 1.53. The lowest BCUT2D eigenvalue weighted by molar-refractivity contribution is -0.124. The van der Waals surface area contributed by atoms with Crippen molar-refractivity contribution in [2.75, 3.05) is 12.4 Å². The number of nitrogens with zero attached hydrogens (tertiary/aromatic N) is 2. The van der Waals surface area contributed by atoms with E-state index in [9.17, 15) is 4.79 Å². The first kappa shape index (κ1) is 13.2. The van der Waals surface area contributed by atoms with Crippen molar-refractivity contribution in [3.63, 3.8) is 0 Å². The van der Waals surface area contributed by atoms with Gasteiger partial charge in [-0.2, -0.15) is 0 Å². The van der Waals surface area contributed by atoms with Gasteiger partial charge in [-0.3, -0.25) is 4.79 Å². The van der Waals surface area contributed by atoms with Gasteiger partial charge in [0.05, 0.1) is 11.3 Å². The van der Waals surface area contributed by atoms with Gasteiger partial charge in [0.25, 0.3) is 5.91 Å². The number of nitrogens with one attached hydrogen (secondary N) is 1. The molecule has 0 saturated carbocycles. The zero-order valence-electron chi connectivity index (χ0n) is 11.0. The van der Waals surface area contributed by atoms with Gasteiger partial charge in [-0.1, -0.05) is 12.1 Å². The molecule has 1 aromatic heterocycles. The smallest absolute Gasteiger partial charge is 0.253 e. The normalized spacial score (nSPS) is 12.2. The van der Waals surface area contributed by atoms with E-state index in [1.54, 1.807) is 26.0 Å². The molecule has 2 rings (SSSR count). The SMILES string of the molecule is COC(C)C(=O)Nc1ccccc1-c1nnc(C)o1. The highest BCUT2D eigenvalue weighted by molar-refractivity contribution is 5.97. The van der Waals surface area contributed by atoms with Gasteiger partial charge in [-0.05, 0) is 19.1 Å². The first-order chi connectivity index (χ1) is 9.11. The van der Waals surface area contributed by atoms with Gasteiger partial charge in [0.2, 0.25) is 11.8 Å². The van der Waals surface area contributed by atoms with Crippen LogP contribution in [0.3, 0.4) is 0 Å². The number of anilines is 1. The Morgan fingerprint density at radius 2 is 2.11 bits per heavy atom. The summed E-state index contributed by atoms with van der Waals surface area (Å²) >= 11 is 0. The molecule has 1 N–H and O–H groups in total. The number of aromatic nitrogens is 2. The number of aryl methyl sites for hydroxylation is 1. The molecule has 1 atom stereocenters. The molecular formula is C13H15N3O3. The summed E-state index contributed by atoms with van der Waals surface area (Å²) in [5.41, 5.74) is 1.29. The van der Waals surface area contributed by atoms with Gasteiger partial charge < -0.3 is 14.5 Å². The molecule has 1 aromatic carbocycles. The van der Waals surface area contributed by atoms with Crippen LogP contribution in [0.2, 0.25) is 0 Å². The average Bonchev–Trinajstić information content (AvgIpc) is 2.85. The third-order valence-electron chi connectivity index (χ3n) is 2.66. The standard InChI is InChI=1S/C13H15N3O3/c1-8(18-3)12(17)14-11-7-5-4-6-10(11)13-16-15-9(2)19-13/h4-8H,1-3H3,(H,14,17). The second-order valence-corrected chi connectivity index (χ2v) is 4.04. The van der Waals surface area contributed by atoms with Crippen molar-refractivity contribution in [1.29, 1.82) is 0 Å². The van der Waals surface area contributed by atoms with E-state index in [0.717, 1.165) is 0 Å². The summed E-state index contributed by atoms with van der Waals surface area (Å²) in [4.78, 5) is 11.8. The van der Waals surface area contributed by atoms with E-state index in [-0.39, 0.29) is 5.91 Å². The van der Waals surface area contributed by atoms with Gasteiger partial charge in [0, 0.05) is 14.0 Å². The third kappa shape index (κ3) is 2.97. The first-order valence-corrected chi connectivity index (χ1v) is 5.85. The number of amides is 1. The number of ether oxygens (including phenoxy) is 1. The topological polar surface area (TPSA) is 77.2 Å². The zero-order valence-corrected chi connectivity index (χ0v) is 11.0. The molecule has 1 unspecified atom stereocenters. The van der Waals surface area contributed by atoms with Crippen LogP contribution in [0.4, 0.5) is 5.69 Å². The number of para-hydroxylation sites is 1. The van der Waals surface area contributed by atoms with Crippen LogP contribution in [0, 0.1) is 6.92 Å². The van der Waals surface area contributed by atoms with E-state index < -0.39 is 6.10 Å². The molecule has 0 saturated heterocycles. The average molecular weight is 261 g/mol. The van der Waals surface area contributed by atoms with Crippen LogP contribution in [0.5, 0.6) is 0 Å². The van der Waals surface area contributed by atoms with Crippen LogP contribution in [0.15, 0.2) is 28.7 Å². The van der Waals surface area contributed by atoms with Crippen molar-refractivity contribution in [2.24, 2.45) is 0 Å². The maximum absolute atomic E-state index is 11.8. The first-order valence-electron chi connectivity index (χ1n) is 5.85. The molecule has 6 heteroatoms. The molecule has 100 valence electrons. The Balaban J connectivity index is 2.29. The van der Waals surface area contributed by atoms with Crippen LogP contribution in [-0.4, -0.2) is 29.3 Å². The van der Waals surface area contributed by atoms with E-state index >= 15 is 0 Å². The van der Waals surface area contributed by atoms with Crippen LogP contribution in [0.25, 0.3) is 11.5 Å². The Hall–Kier alpha value is -2.21. The Labute approximate surface area is 110 Å². The fourth-order valence-corrected chi connectivity index (χ4v) is 1.53. The number of carbonyl (C=O) groups is 1. The number of hydrogen-bond donors (Lipinski definition) is 1. The molecule has 0 aliphatic rings. The molecular weight excluding hydrogens is 246 g/mol. The number of rotatable bonds is 4. The molecule has 1 amide bonds. The fraction of sp³-hybridized carbons (Fsp3) is 0.308. The molecule has 0 fully saturated rings. The van der Waals surface area contributed by atoms with E-state index in [0.29, 0.717) is 23.0 Å². The largest absolute Gasteiger partial charge is 0.421 e. The molecule has 1 heterocycles. The second-order valence-electron chi connectivity index (χ2n) is 4.04. The van der Waals surface area contributed by atoms with Crippen molar-refractivity contribution in [1.82, 2.24) is 10.2 Å². The number of hydrogen-bond acceptors (Lipinski definition) is 5. The summed E-state index contributed by atoms with van der Waals surface area (Å²) in [5.74, 6) is 0.617. The molecule has 0 aliphatic heterocycles. The molecule has 0 spiro atoms. The second kappa shape index (κ2) is 5.62. The molecule has 0 radical (unpaired) electrons. The van der Waals surface area contributed by atoms with E-state index in [2.05, 4.69) is 15.5 Å². The molecule has 2 aromatic rings. The van der Waals surface area contributed by atoms with Crippen LogP contribution >= 0.6 is 0 Å². The van der Waals surface area contributed by atoms with Crippen molar-refractivity contribution in [3.8, 4) is 11.5 Å². The maximum Gasteiger partial charge on any atom is 0.253 e. The molecule has 6 nitrogen and oxygen atoms in total. The lowest BCUT2D eigenvalue weighted by Gasteiger charge is -2.12. The number of benzene rings is 1. The Morgan fingerprint density at radius 1 is 1.37 bits per heavy atom. The predicted octanol–water partition coefficient (Wildman–Crippen LogP) is 2.02. The highest BCUT2D eigenvalue weighted by Crippen LogP contribution is 2.26. The van der Waals surface area contributed by atoms with Crippen LogP contribution < -0.4 is 5.32 Å². The summed E-state index contributed by atoms with van der Waals surface area (Å²) in [7, 11) is 1.48. The van der Waals surface area contributed by atoms with E-state index in [1.165, 1.54) is 7.11 Å². The lowest BCUT2D eigenvalue weighted by Crippen LogP contribution is -2.26. The Morgan fingerprint density at radius 3 is 2.74 bits per heavy atom. The van der Waals surface area contributed by atoms with Gasteiger partial charge in [-0.25, -0.2) is 0 Å². The molecule has 0 aliphatic carbocycles. The highest BCUT2D eigenvalue weighted by atomic mass is 16.5. The van der Waals surface area contributed by atoms with E-state index in [4.69, 9.17) is 9.15 Å². The lowest BCUT2D eigenvalue weighted by atomic mass is 10.1. The van der Waals surface area contributed by atoms with Crippen molar-refractivity contribution < 1.29 is 13.9 Å².